The van der Waals surface area contributed by atoms with E-state index in [0.29, 0.717) is 35.3 Å². The minimum Gasteiger partial charge on any atom is -0.378 e. The van der Waals surface area contributed by atoms with E-state index in [-0.39, 0.29) is 18.3 Å². The number of ether oxygens (including phenoxy) is 1. The third kappa shape index (κ3) is 3.58. The fourth-order valence-electron chi connectivity index (χ4n) is 2.27. The van der Waals surface area contributed by atoms with Gasteiger partial charge in [0.05, 0.1) is 13.2 Å². The summed E-state index contributed by atoms with van der Waals surface area (Å²) in [5.74, 6) is 0.574. The molecule has 1 aliphatic rings. The molecule has 0 amide bonds. The number of aromatic nitrogens is 2. The molecule has 1 atom stereocenters. The normalized spacial score (nSPS) is 18.9. The Balaban J connectivity index is 1.67. The average Bonchev–Trinajstić information content (AvgIpc) is 2.91. The van der Waals surface area contributed by atoms with Gasteiger partial charge in [0.1, 0.15) is 5.82 Å². The number of nitrogens with zero attached hydrogens (tertiary/aromatic N) is 2. The zero-order chi connectivity index (χ0) is 14.7. The lowest BCUT2D eigenvalue weighted by molar-refractivity contribution is 0.0744. The molecule has 21 heavy (non-hydrogen) atoms. The van der Waals surface area contributed by atoms with Crippen molar-refractivity contribution in [2.45, 2.75) is 18.9 Å². The van der Waals surface area contributed by atoms with Crippen molar-refractivity contribution in [1.82, 2.24) is 15.5 Å². The predicted octanol–water partition coefficient (Wildman–Crippen LogP) is 1.98. The molecule has 2 aromatic rings. The first-order valence-corrected chi connectivity index (χ1v) is 7.15. The highest BCUT2D eigenvalue weighted by Gasteiger charge is 2.18. The zero-order valence-corrected chi connectivity index (χ0v) is 12.1. The van der Waals surface area contributed by atoms with Gasteiger partial charge in [-0.05, 0) is 12.1 Å². The number of nitrogens with one attached hydrogen (secondary N) is 1. The van der Waals surface area contributed by atoms with Gasteiger partial charge in [-0.15, -0.1) is 0 Å². The summed E-state index contributed by atoms with van der Waals surface area (Å²) >= 11 is 5.99. The van der Waals surface area contributed by atoms with Crippen molar-refractivity contribution in [2.75, 3.05) is 19.8 Å². The number of rotatable bonds is 4. The van der Waals surface area contributed by atoms with Gasteiger partial charge in [0.25, 0.3) is 0 Å². The van der Waals surface area contributed by atoms with Crippen molar-refractivity contribution in [1.29, 1.82) is 0 Å². The van der Waals surface area contributed by atoms with Crippen LogP contribution in [0.25, 0.3) is 0 Å². The minimum atomic E-state index is -0.365. The Morgan fingerprint density at radius 2 is 2.33 bits per heavy atom. The highest BCUT2D eigenvalue weighted by Crippen LogP contribution is 2.21. The molecule has 112 valence electrons. The lowest BCUT2D eigenvalue weighted by Crippen LogP contribution is -2.42. The summed E-state index contributed by atoms with van der Waals surface area (Å²) in [6, 6.07) is 4.75. The zero-order valence-electron chi connectivity index (χ0n) is 11.3. The SMILES string of the molecule is Fc1cccc(Cl)c1Cc1noc(CC2COCCN2)n1. The molecular weight excluding hydrogens is 297 g/mol. The van der Waals surface area contributed by atoms with Crippen molar-refractivity contribution in [2.24, 2.45) is 0 Å². The number of hydrogen-bond donors (Lipinski definition) is 1. The molecule has 0 bridgehead atoms. The van der Waals surface area contributed by atoms with Crippen LogP contribution in [-0.2, 0) is 17.6 Å². The van der Waals surface area contributed by atoms with Gasteiger partial charge < -0.3 is 14.6 Å². The second-order valence-corrected chi connectivity index (χ2v) is 5.32. The quantitative estimate of drug-likeness (QED) is 0.935. The predicted molar refractivity (Wildman–Crippen MR) is 74.8 cm³/mol. The van der Waals surface area contributed by atoms with E-state index in [1.54, 1.807) is 12.1 Å². The van der Waals surface area contributed by atoms with Crippen LogP contribution < -0.4 is 5.32 Å². The highest BCUT2D eigenvalue weighted by molar-refractivity contribution is 6.31. The van der Waals surface area contributed by atoms with Gasteiger partial charge in [0.15, 0.2) is 5.82 Å². The lowest BCUT2D eigenvalue weighted by atomic mass is 10.1. The molecule has 1 unspecified atom stereocenters. The van der Waals surface area contributed by atoms with E-state index in [1.165, 1.54) is 6.07 Å². The third-order valence-corrected chi connectivity index (χ3v) is 3.68. The van der Waals surface area contributed by atoms with Gasteiger partial charge in [0, 0.05) is 36.0 Å². The second kappa shape index (κ2) is 6.51. The first-order chi connectivity index (χ1) is 10.2. The van der Waals surface area contributed by atoms with E-state index in [9.17, 15) is 4.39 Å². The molecular formula is C14H15ClFN3O2. The largest absolute Gasteiger partial charge is 0.378 e. The molecule has 1 aliphatic heterocycles. The van der Waals surface area contributed by atoms with Gasteiger partial charge in [-0.1, -0.05) is 22.8 Å². The number of hydrogen-bond acceptors (Lipinski definition) is 5. The van der Waals surface area contributed by atoms with Crippen LogP contribution in [-0.4, -0.2) is 35.9 Å². The fourth-order valence-corrected chi connectivity index (χ4v) is 2.50. The maximum atomic E-state index is 13.7. The standard InChI is InChI=1S/C14H15ClFN3O2/c15-11-2-1-3-12(16)10(11)7-13-18-14(21-19-13)6-9-8-20-5-4-17-9/h1-3,9,17H,4-8H2. The van der Waals surface area contributed by atoms with Crippen LogP contribution in [0.3, 0.4) is 0 Å². The van der Waals surface area contributed by atoms with E-state index in [0.717, 1.165) is 13.2 Å². The minimum absolute atomic E-state index is 0.170. The van der Waals surface area contributed by atoms with Crippen LogP contribution in [0.4, 0.5) is 4.39 Å². The van der Waals surface area contributed by atoms with Gasteiger partial charge >= 0.3 is 0 Å². The molecule has 5 nitrogen and oxygen atoms in total. The Kier molecular flexibility index (Phi) is 4.48. The van der Waals surface area contributed by atoms with Crippen LogP contribution in [0.1, 0.15) is 17.3 Å². The summed E-state index contributed by atoms with van der Waals surface area (Å²) in [5.41, 5.74) is 0.380. The average molecular weight is 312 g/mol. The lowest BCUT2D eigenvalue weighted by Gasteiger charge is -2.22. The fraction of sp³-hybridized carbons (Fsp3) is 0.429. The maximum absolute atomic E-state index is 13.7. The molecule has 1 saturated heterocycles. The van der Waals surface area contributed by atoms with Crippen LogP contribution in [0.15, 0.2) is 22.7 Å². The molecule has 1 fully saturated rings. The van der Waals surface area contributed by atoms with Crippen molar-refractivity contribution in [3.63, 3.8) is 0 Å². The maximum Gasteiger partial charge on any atom is 0.228 e. The van der Waals surface area contributed by atoms with Gasteiger partial charge in [-0.25, -0.2) is 4.39 Å². The first-order valence-electron chi connectivity index (χ1n) is 6.78. The van der Waals surface area contributed by atoms with Gasteiger partial charge in [-0.3, -0.25) is 0 Å². The first kappa shape index (κ1) is 14.4. The van der Waals surface area contributed by atoms with E-state index in [1.807, 2.05) is 0 Å². The van der Waals surface area contributed by atoms with Crippen LogP contribution in [0, 0.1) is 5.82 Å². The number of benzene rings is 1. The van der Waals surface area contributed by atoms with Crippen molar-refractivity contribution in [3.05, 3.63) is 46.3 Å². The summed E-state index contributed by atoms with van der Waals surface area (Å²) in [6.07, 6.45) is 0.807. The molecule has 1 N–H and O–H groups in total. The second-order valence-electron chi connectivity index (χ2n) is 4.91. The summed E-state index contributed by atoms with van der Waals surface area (Å²) < 4.78 is 24.3. The van der Waals surface area contributed by atoms with Crippen molar-refractivity contribution in [3.8, 4) is 0 Å². The smallest absolute Gasteiger partial charge is 0.228 e. The monoisotopic (exact) mass is 311 g/mol. The van der Waals surface area contributed by atoms with E-state index in [4.69, 9.17) is 20.9 Å². The van der Waals surface area contributed by atoms with Gasteiger partial charge in [-0.2, -0.15) is 4.98 Å². The Labute approximate surface area is 126 Å². The Bertz CT molecular complexity index is 594. The molecule has 7 heteroatoms. The molecule has 1 aromatic heterocycles. The van der Waals surface area contributed by atoms with E-state index >= 15 is 0 Å². The van der Waals surface area contributed by atoms with Crippen molar-refractivity contribution >= 4 is 11.6 Å². The molecule has 0 aliphatic carbocycles. The number of halogens is 2. The number of morpholine rings is 1. The highest BCUT2D eigenvalue weighted by atomic mass is 35.5. The molecule has 2 heterocycles. The summed E-state index contributed by atoms with van der Waals surface area (Å²) in [4.78, 5) is 4.28. The van der Waals surface area contributed by atoms with Gasteiger partial charge in [0.2, 0.25) is 5.89 Å². The Hall–Kier alpha value is -1.50. The molecule has 0 radical (unpaired) electrons. The molecule has 3 rings (SSSR count). The Morgan fingerprint density at radius 1 is 1.43 bits per heavy atom. The van der Waals surface area contributed by atoms with E-state index < -0.39 is 0 Å². The third-order valence-electron chi connectivity index (χ3n) is 3.33. The molecule has 0 spiro atoms. The molecule has 1 aromatic carbocycles. The van der Waals surface area contributed by atoms with Crippen LogP contribution >= 0.6 is 11.6 Å². The van der Waals surface area contributed by atoms with Crippen molar-refractivity contribution < 1.29 is 13.7 Å². The Morgan fingerprint density at radius 3 is 3.10 bits per heavy atom. The summed E-state index contributed by atoms with van der Waals surface area (Å²) in [7, 11) is 0. The summed E-state index contributed by atoms with van der Waals surface area (Å²) in [6.45, 7) is 2.16. The van der Waals surface area contributed by atoms with Crippen LogP contribution in [0.2, 0.25) is 5.02 Å². The van der Waals surface area contributed by atoms with E-state index in [2.05, 4.69) is 15.5 Å². The topological polar surface area (TPSA) is 60.2 Å². The summed E-state index contributed by atoms with van der Waals surface area (Å²) in [5, 5.41) is 7.55. The van der Waals surface area contributed by atoms with Crippen LogP contribution in [0.5, 0.6) is 0 Å². The molecule has 0 saturated carbocycles.